The zero-order valence-electron chi connectivity index (χ0n) is 13.1. The molecule has 3 rings (SSSR count). The van der Waals surface area contributed by atoms with Gasteiger partial charge in [0.2, 0.25) is 5.76 Å². The molecule has 0 aromatic carbocycles. The van der Waals surface area contributed by atoms with Crippen molar-refractivity contribution < 1.29 is 13.7 Å². The monoisotopic (exact) mass is 338 g/mol. The van der Waals surface area contributed by atoms with Gasteiger partial charge in [0.25, 0.3) is 5.91 Å². The molecule has 0 N–H and O–H groups in total. The number of nitrogens with zero attached hydrogens (tertiary/aromatic N) is 4. The van der Waals surface area contributed by atoms with Crippen LogP contribution in [-0.4, -0.2) is 58.2 Å². The molecule has 2 atom stereocenters. The topological polar surface area (TPSA) is 62.5 Å². The highest BCUT2D eigenvalue weighted by atomic mass is 32.1. The summed E-state index contributed by atoms with van der Waals surface area (Å²) in [5, 5.41) is 6.60. The van der Waals surface area contributed by atoms with Crippen LogP contribution >= 0.6 is 11.3 Å². The minimum Gasteiger partial charge on any atom is -0.351 e. The average Bonchev–Trinajstić information content (AvgIpc) is 3.22. The van der Waals surface area contributed by atoms with Gasteiger partial charge >= 0.3 is 0 Å². The van der Waals surface area contributed by atoms with Crippen molar-refractivity contribution in [3.63, 3.8) is 0 Å². The van der Waals surface area contributed by atoms with Gasteiger partial charge < -0.3 is 9.42 Å². The molecule has 0 spiro atoms. The third kappa shape index (κ3) is 3.76. The molecule has 3 heterocycles. The molecule has 6 nitrogen and oxygen atoms in total. The fourth-order valence-electron chi connectivity index (χ4n) is 2.86. The number of amides is 1. The normalized spacial score (nSPS) is 21.7. The molecule has 8 heteroatoms. The van der Waals surface area contributed by atoms with Crippen molar-refractivity contribution in [2.24, 2.45) is 0 Å². The Morgan fingerprint density at radius 2 is 2.43 bits per heavy atom. The Morgan fingerprint density at radius 1 is 1.61 bits per heavy atom. The molecule has 1 amide bonds. The quantitative estimate of drug-likeness (QED) is 0.836. The number of halogens is 1. The summed E-state index contributed by atoms with van der Waals surface area (Å²) in [5.41, 5.74) is 0.664. The molecule has 23 heavy (non-hydrogen) atoms. The van der Waals surface area contributed by atoms with Crippen LogP contribution in [0, 0.1) is 6.92 Å². The van der Waals surface area contributed by atoms with Crippen molar-refractivity contribution in [2.75, 3.05) is 20.1 Å². The van der Waals surface area contributed by atoms with Crippen molar-refractivity contribution in [3.8, 4) is 0 Å². The number of likely N-dealkylation sites (N-methyl/N-ethyl adjacent to an activating group) is 1. The lowest BCUT2D eigenvalue weighted by molar-refractivity contribution is 0.0709. The molecular formula is C15H19FN4O2S. The Kier molecular flexibility index (Phi) is 4.72. The number of carbonyl (C=O) groups excluding carboxylic acids is 1. The third-order valence-electron chi connectivity index (χ3n) is 3.97. The largest absolute Gasteiger partial charge is 0.351 e. The maximum Gasteiger partial charge on any atom is 0.292 e. The van der Waals surface area contributed by atoms with Crippen molar-refractivity contribution >= 4 is 17.2 Å². The number of hydrogen-bond acceptors (Lipinski definition) is 6. The summed E-state index contributed by atoms with van der Waals surface area (Å²) >= 11 is 1.56. The van der Waals surface area contributed by atoms with Gasteiger partial charge in [0, 0.05) is 43.8 Å². The van der Waals surface area contributed by atoms with Gasteiger partial charge in [-0.25, -0.2) is 9.37 Å². The summed E-state index contributed by atoms with van der Waals surface area (Å²) in [5.74, 6) is -0.0200. The lowest BCUT2D eigenvalue weighted by Gasteiger charge is -2.27. The molecule has 1 aliphatic heterocycles. The van der Waals surface area contributed by atoms with E-state index in [1.807, 2.05) is 5.38 Å². The molecule has 2 aromatic heterocycles. The number of alkyl halides is 1. The molecule has 124 valence electrons. The number of carbonyl (C=O) groups is 1. The summed E-state index contributed by atoms with van der Waals surface area (Å²) in [6.45, 7) is 3.21. The molecule has 1 fully saturated rings. The van der Waals surface area contributed by atoms with E-state index in [4.69, 9.17) is 4.52 Å². The summed E-state index contributed by atoms with van der Waals surface area (Å²) in [6.07, 6.45) is 1.31. The van der Waals surface area contributed by atoms with Gasteiger partial charge in [-0.3, -0.25) is 9.69 Å². The maximum atomic E-state index is 13.8. The molecule has 1 aliphatic rings. The second-order valence-electron chi connectivity index (χ2n) is 5.86. The van der Waals surface area contributed by atoms with Crippen molar-refractivity contribution in [1.82, 2.24) is 19.9 Å². The second-order valence-corrected chi connectivity index (χ2v) is 6.84. The SMILES string of the molecule is Cc1cc(C(=O)N(C)C[C@@H]2C[C@H](F)CN2Cc2nccs2)on1. The minimum absolute atomic E-state index is 0.0214. The van der Waals surface area contributed by atoms with E-state index >= 15 is 0 Å². The van der Waals surface area contributed by atoms with Crippen LogP contribution in [0.1, 0.15) is 27.7 Å². The van der Waals surface area contributed by atoms with Gasteiger partial charge in [-0.1, -0.05) is 5.16 Å². The van der Waals surface area contributed by atoms with Gasteiger partial charge in [-0.05, 0) is 13.3 Å². The highest BCUT2D eigenvalue weighted by Crippen LogP contribution is 2.24. The number of aromatic nitrogens is 2. The van der Waals surface area contributed by atoms with Crippen molar-refractivity contribution in [1.29, 1.82) is 0 Å². The zero-order chi connectivity index (χ0) is 16.4. The van der Waals surface area contributed by atoms with Gasteiger partial charge in [0.05, 0.1) is 12.2 Å². The van der Waals surface area contributed by atoms with Crippen molar-refractivity contribution in [3.05, 3.63) is 34.1 Å². The maximum absolute atomic E-state index is 13.8. The third-order valence-corrected chi connectivity index (χ3v) is 4.73. The Morgan fingerprint density at radius 3 is 3.09 bits per heavy atom. The summed E-state index contributed by atoms with van der Waals surface area (Å²) < 4.78 is 18.8. The lowest BCUT2D eigenvalue weighted by Crippen LogP contribution is -2.40. The Hall–Kier alpha value is -1.80. The number of aryl methyl sites for hydroxylation is 1. The van der Waals surface area contributed by atoms with E-state index in [9.17, 15) is 9.18 Å². The molecule has 2 aromatic rings. The van der Waals surface area contributed by atoms with Crippen LogP contribution in [0.2, 0.25) is 0 Å². The second kappa shape index (κ2) is 6.76. The van der Waals surface area contributed by atoms with Crippen LogP contribution in [0.3, 0.4) is 0 Å². The van der Waals surface area contributed by atoms with E-state index in [1.165, 1.54) is 0 Å². The van der Waals surface area contributed by atoms with E-state index in [0.717, 1.165) is 5.01 Å². The standard InChI is InChI=1S/C15H19FN4O2S/c1-10-5-13(22-18-10)15(21)19(2)8-12-6-11(16)7-20(12)9-14-17-3-4-23-14/h3-5,11-12H,6-9H2,1-2H3/t11-,12-/m0/s1. The molecule has 0 saturated carbocycles. The summed E-state index contributed by atoms with van der Waals surface area (Å²) in [7, 11) is 1.70. The molecule has 1 saturated heterocycles. The van der Waals surface area contributed by atoms with Crippen LogP contribution in [0.15, 0.2) is 22.2 Å². The molecule has 0 aliphatic carbocycles. The first-order chi connectivity index (χ1) is 11.0. The van der Waals surface area contributed by atoms with Crippen LogP contribution in [0.5, 0.6) is 0 Å². The summed E-state index contributed by atoms with van der Waals surface area (Å²) in [6, 6.07) is 1.59. The van der Waals surface area contributed by atoms with Crippen LogP contribution < -0.4 is 0 Å². The van der Waals surface area contributed by atoms with Crippen LogP contribution in [0.25, 0.3) is 0 Å². The first kappa shape index (κ1) is 16.1. The van der Waals surface area contributed by atoms with Crippen molar-refractivity contribution in [2.45, 2.75) is 32.1 Å². The molecule has 0 unspecified atom stereocenters. The van der Waals surface area contributed by atoms with Gasteiger partial charge in [0.15, 0.2) is 0 Å². The molecule has 0 bridgehead atoms. The fourth-order valence-corrected chi connectivity index (χ4v) is 3.50. The van der Waals surface area contributed by atoms with Crippen LogP contribution in [0.4, 0.5) is 4.39 Å². The Labute approximate surface area is 137 Å². The first-order valence-corrected chi connectivity index (χ1v) is 8.36. The summed E-state index contributed by atoms with van der Waals surface area (Å²) in [4.78, 5) is 20.2. The number of rotatable bonds is 5. The van der Waals surface area contributed by atoms with Gasteiger partial charge in [0.1, 0.15) is 11.2 Å². The zero-order valence-corrected chi connectivity index (χ0v) is 13.9. The van der Waals surface area contributed by atoms with E-state index in [0.29, 0.717) is 31.7 Å². The van der Waals surface area contributed by atoms with E-state index in [1.54, 1.807) is 42.5 Å². The fraction of sp³-hybridized carbons (Fsp3) is 0.533. The number of likely N-dealkylation sites (tertiary alicyclic amines) is 1. The predicted molar refractivity (Wildman–Crippen MR) is 84.0 cm³/mol. The Bertz CT molecular complexity index is 660. The van der Waals surface area contributed by atoms with Gasteiger partial charge in [-0.15, -0.1) is 11.3 Å². The first-order valence-electron chi connectivity index (χ1n) is 7.48. The number of hydrogen-bond donors (Lipinski definition) is 0. The van der Waals surface area contributed by atoms with E-state index in [-0.39, 0.29) is 17.7 Å². The van der Waals surface area contributed by atoms with E-state index in [2.05, 4.69) is 15.0 Å². The number of thiazole rings is 1. The van der Waals surface area contributed by atoms with Gasteiger partial charge in [-0.2, -0.15) is 0 Å². The van der Waals surface area contributed by atoms with E-state index < -0.39 is 6.17 Å². The Balaban J connectivity index is 1.63. The highest BCUT2D eigenvalue weighted by Gasteiger charge is 2.34. The van der Waals surface area contributed by atoms with Crippen LogP contribution in [-0.2, 0) is 6.54 Å². The molecule has 0 radical (unpaired) electrons. The molecular weight excluding hydrogens is 319 g/mol. The lowest BCUT2D eigenvalue weighted by atomic mass is 10.2. The smallest absolute Gasteiger partial charge is 0.292 e. The predicted octanol–water partition coefficient (Wildman–Crippen LogP) is 2.12. The highest BCUT2D eigenvalue weighted by molar-refractivity contribution is 7.09. The minimum atomic E-state index is -0.865. The average molecular weight is 338 g/mol.